The Balaban J connectivity index is 1.19. The first kappa shape index (κ1) is 26.2. The van der Waals surface area contributed by atoms with Crippen LogP contribution in [0.3, 0.4) is 0 Å². The van der Waals surface area contributed by atoms with Gasteiger partial charge in [-0.25, -0.2) is 0 Å². The summed E-state index contributed by atoms with van der Waals surface area (Å²) in [7, 11) is 2.19. The number of hydrogen-bond donors (Lipinski definition) is 0. The van der Waals surface area contributed by atoms with Gasteiger partial charge in [0, 0.05) is 42.7 Å². The molecular formula is C31H35ClN2O5. The van der Waals surface area contributed by atoms with E-state index in [9.17, 15) is 4.79 Å². The van der Waals surface area contributed by atoms with Crippen molar-refractivity contribution in [2.75, 3.05) is 33.4 Å². The molecule has 2 aromatic carbocycles. The molecule has 206 valence electrons. The van der Waals surface area contributed by atoms with Crippen LogP contribution in [0.5, 0.6) is 28.7 Å². The van der Waals surface area contributed by atoms with Crippen LogP contribution in [-0.2, 0) is 11.2 Å². The number of rotatable bonds is 12. The van der Waals surface area contributed by atoms with Gasteiger partial charge in [-0.15, -0.1) is 0 Å². The Bertz CT molecular complexity index is 1350. The Hall–Kier alpha value is -3.03. The van der Waals surface area contributed by atoms with Crippen molar-refractivity contribution in [1.82, 2.24) is 9.88 Å². The molecule has 0 atom stereocenters. The first-order valence-corrected chi connectivity index (χ1v) is 14.5. The van der Waals surface area contributed by atoms with E-state index in [4.69, 9.17) is 30.5 Å². The summed E-state index contributed by atoms with van der Waals surface area (Å²) < 4.78 is 24.6. The van der Waals surface area contributed by atoms with Gasteiger partial charge in [0.25, 0.3) is 0 Å². The molecule has 39 heavy (non-hydrogen) atoms. The fourth-order valence-corrected chi connectivity index (χ4v) is 5.50. The number of ketones is 1. The molecule has 8 heteroatoms. The number of Topliss-reactive ketones (excluding diaryl/α,β-unsaturated/α-hetero) is 1. The molecule has 1 aromatic heterocycles. The van der Waals surface area contributed by atoms with E-state index in [-0.39, 0.29) is 5.78 Å². The Labute approximate surface area is 234 Å². The van der Waals surface area contributed by atoms with Gasteiger partial charge in [0.1, 0.15) is 30.5 Å². The maximum Gasteiger partial charge on any atom is 0.204 e. The molecule has 0 spiro atoms. The van der Waals surface area contributed by atoms with E-state index in [2.05, 4.69) is 16.9 Å². The van der Waals surface area contributed by atoms with Crippen LogP contribution in [0.25, 0.3) is 10.9 Å². The van der Waals surface area contributed by atoms with Gasteiger partial charge in [0.05, 0.1) is 17.5 Å². The summed E-state index contributed by atoms with van der Waals surface area (Å²) in [5, 5.41) is 1.25. The van der Waals surface area contributed by atoms with Gasteiger partial charge in [-0.1, -0.05) is 24.1 Å². The van der Waals surface area contributed by atoms with Crippen molar-refractivity contribution >= 4 is 28.3 Å². The Morgan fingerprint density at radius 3 is 2.64 bits per heavy atom. The zero-order chi connectivity index (χ0) is 26.8. The number of hydrogen-bond acceptors (Lipinski definition) is 7. The third-order valence-corrected chi connectivity index (χ3v) is 8.26. The van der Waals surface area contributed by atoms with Gasteiger partial charge in [0.2, 0.25) is 5.75 Å². The molecule has 1 aliphatic heterocycles. The van der Waals surface area contributed by atoms with Gasteiger partial charge >= 0.3 is 0 Å². The van der Waals surface area contributed by atoms with Crippen LogP contribution in [0.4, 0.5) is 0 Å². The van der Waals surface area contributed by atoms with Gasteiger partial charge in [-0.2, -0.15) is 0 Å². The molecule has 2 saturated carbocycles. The second-order valence-corrected chi connectivity index (χ2v) is 11.3. The number of benzene rings is 2. The SMILES string of the molecule is CN(CCCOc1cc2nccc(Oc3ccc(CC(=O)CC4CC4)c(Cl)c3)c2c2c1OCCO2)C1CCC1. The quantitative estimate of drug-likeness (QED) is 0.235. The predicted octanol–water partition coefficient (Wildman–Crippen LogP) is 6.62. The van der Waals surface area contributed by atoms with Crippen LogP contribution >= 0.6 is 11.6 Å². The fraction of sp³-hybridized carbons (Fsp3) is 0.484. The van der Waals surface area contributed by atoms with Crippen molar-refractivity contribution in [3.63, 3.8) is 0 Å². The van der Waals surface area contributed by atoms with E-state index < -0.39 is 0 Å². The highest BCUT2D eigenvalue weighted by Crippen LogP contribution is 2.48. The van der Waals surface area contributed by atoms with Crippen LogP contribution in [0.2, 0.25) is 5.02 Å². The van der Waals surface area contributed by atoms with Crippen LogP contribution in [0.15, 0.2) is 36.5 Å². The minimum absolute atomic E-state index is 0.236. The molecule has 7 nitrogen and oxygen atoms in total. The molecule has 0 amide bonds. The van der Waals surface area contributed by atoms with Crippen molar-refractivity contribution in [2.24, 2.45) is 5.92 Å². The smallest absolute Gasteiger partial charge is 0.204 e. The zero-order valence-electron chi connectivity index (χ0n) is 22.4. The lowest BCUT2D eigenvalue weighted by Crippen LogP contribution is -2.38. The van der Waals surface area contributed by atoms with E-state index in [0.717, 1.165) is 42.8 Å². The van der Waals surface area contributed by atoms with Crippen molar-refractivity contribution in [2.45, 2.75) is 57.4 Å². The Morgan fingerprint density at radius 2 is 1.90 bits per heavy atom. The second kappa shape index (κ2) is 11.6. The molecule has 0 bridgehead atoms. The number of aromatic nitrogens is 1. The van der Waals surface area contributed by atoms with Crippen molar-refractivity contribution in [3.05, 3.63) is 47.1 Å². The number of nitrogens with zero attached hydrogens (tertiary/aromatic N) is 2. The molecule has 2 heterocycles. The third-order valence-electron chi connectivity index (χ3n) is 7.91. The number of carbonyl (C=O) groups is 1. The number of halogens is 1. The van der Waals surface area contributed by atoms with E-state index in [0.29, 0.717) is 77.9 Å². The fourth-order valence-electron chi connectivity index (χ4n) is 5.26. The summed E-state index contributed by atoms with van der Waals surface area (Å²) in [6.07, 6.45) is 9.90. The molecule has 3 aliphatic rings. The van der Waals surface area contributed by atoms with Gasteiger partial charge in [0.15, 0.2) is 11.5 Å². The maximum absolute atomic E-state index is 12.3. The molecule has 2 fully saturated rings. The summed E-state index contributed by atoms with van der Waals surface area (Å²) in [6.45, 7) is 2.47. The van der Waals surface area contributed by atoms with Crippen molar-refractivity contribution < 1.29 is 23.7 Å². The topological polar surface area (TPSA) is 70.1 Å². The number of pyridine rings is 1. The number of fused-ring (bicyclic) bond motifs is 3. The van der Waals surface area contributed by atoms with Gasteiger partial charge in [-0.05, 0) is 68.8 Å². The van der Waals surface area contributed by atoms with Gasteiger partial charge < -0.3 is 23.8 Å². The molecular weight excluding hydrogens is 516 g/mol. The molecule has 0 N–H and O–H groups in total. The van der Waals surface area contributed by atoms with Crippen LogP contribution in [-0.4, -0.2) is 55.1 Å². The van der Waals surface area contributed by atoms with E-state index in [1.807, 2.05) is 18.2 Å². The highest BCUT2D eigenvalue weighted by molar-refractivity contribution is 6.31. The zero-order valence-corrected chi connectivity index (χ0v) is 23.2. The second-order valence-electron chi connectivity index (χ2n) is 10.9. The third kappa shape index (κ3) is 6.10. The van der Waals surface area contributed by atoms with E-state index >= 15 is 0 Å². The standard InChI is InChI=1S/C31H35ClN2O5/c1-34(22-4-2-5-22)12-3-13-36-28-19-26-29(31-30(28)37-14-15-38-31)27(10-11-33-26)39-24-9-8-21(25(32)18-24)17-23(35)16-20-6-7-20/h8-11,18-20,22H,2-7,12-17H2,1H3. The summed E-state index contributed by atoms with van der Waals surface area (Å²) in [4.78, 5) is 19.3. The molecule has 6 rings (SSSR count). The van der Waals surface area contributed by atoms with Crippen LogP contribution in [0, 0.1) is 5.92 Å². The van der Waals surface area contributed by atoms with Gasteiger partial charge in [-0.3, -0.25) is 9.78 Å². The number of ether oxygens (including phenoxy) is 4. The average Bonchev–Trinajstić information content (AvgIpc) is 3.71. The highest BCUT2D eigenvalue weighted by atomic mass is 35.5. The largest absolute Gasteiger partial charge is 0.489 e. The molecule has 3 aromatic rings. The first-order valence-electron chi connectivity index (χ1n) is 14.1. The first-order chi connectivity index (χ1) is 19.0. The lowest BCUT2D eigenvalue weighted by atomic mass is 9.92. The number of carbonyl (C=O) groups excluding carboxylic acids is 1. The van der Waals surface area contributed by atoms with Crippen LogP contribution < -0.4 is 18.9 Å². The normalized spacial score (nSPS) is 16.8. The summed E-state index contributed by atoms with van der Waals surface area (Å²) >= 11 is 6.55. The Kier molecular flexibility index (Phi) is 7.80. The lowest BCUT2D eigenvalue weighted by Gasteiger charge is -2.34. The lowest BCUT2D eigenvalue weighted by molar-refractivity contribution is -0.118. The molecule has 0 unspecified atom stereocenters. The van der Waals surface area contributed by atoms with E-state index in [1.165, 1.54) is 19.3 Å². The molecule has 0 radical (unpaired) electrons. The van der Waals surface area contributed by atoms with E-state index in [1.54, 1.807) is 18.3 Å². The molecule has 0 saturated heterocycles. The minimum Gasteiger partial charge on any atom is -0.489 e. The summed E-state index contributed by atoms with van der Waals surface area (Å²) in [6, 6.07) is 9.90. The monoisotopic (exact) mass is 550 g/mol. The maximum atomic E-state index is 12.3. The summed E-state index contributed by atoms with van der Waals surface area (Å²) in [5.41, 5.74) is 1.52. The Morgan fingerprint density at radius 1 is 1.08 bits per heavy atom. The molecule has 2 aliphatic carbocycles. The highest BCUT2D eigenvalue weighted by Gasteiger charge is 2.26. The summed E-state index contributed by atoms with van der Waals surface area (Å²) in [5.74, 6) is 3.77. The predicted molar refractivity (Wildman–Crippen MR) is 151 cm³/mol. The van der Waals surface area contributed by atoms with Crippen LogP contribution in [0.1, 0.15) is 50.5 Å². The van der Waals surface area contributed by atoms with Crippen molar-refractivity contribution in [1.29, 1.82) is 0 Å². The average molecular weight is 551 g/mol. The van der Waals surface area contributed by atoms with Crippen molar-refractivity contribution in [3.8, 4) is 28.7 Å². The minimum atomic E-state index is 0.236.